The van der Waals surface area contributed by atoms with Crippen molar-refractivity contribution < 1.29 is 26.0 Å². The second kappa shape index (κ2) is 6.33. The van der Waals surface area contributed by atoms with Gasteiger partial charge in [0.25, 0.3) is 10.0 Å². The molecule has 0 aliphatic heterocycles. The van der Waals surface area contributed by atoms with Gasteiger partial charge in [-0.2, -0.15) is 0 Å². The third-order valence-electron chi connectivity index (χ3n) is 4.55. The molecule has 0 radical (unpaired) electrons. The van der Waals surface area contributed by atoms with Crippen LogP contribution in [0.3, 0.4) is 0 Å². The highest BCUT2D eigenvalue weighted by Crippen LogP contribution is 2.32. The van der Waals surface area contributed by atoms with E-state index in [1.54, 1.807) is 32.4 Å². The minimum absolute atomic E-state index is 0.0130. The lowest BCUT2D eigenvalue weighted by molar-refractivity contribution is 0.459. The monoisotopic (exact) mass is 375 g/mol. The van der Waals surface area contributed by atoms with Gasteiger partial charge in [-0.05, 0) is 62.4 Å². The molecule has 0 amide bonds. The fourth-order valence-corrected chi connectivity index (χ4v) is 4.38. The van der Waals surface area contributed by atoms with E-state index in [1.807, 2.05) is 6.92 Å². The second-order valence-corrected chi connectivity index (χ2v) is 7.52. The van der Waals surface area contributed by atoms with Crippen molar-refractivity contribution in [1.29, 1.82) is 0 Å². The molecule has 0 spiro atoms. The molecule has 0 saturated heterocycles. The number of anilines is 1. The van der Waals surface area contributed by atoms with Crippen LogP contribution >= 0.6 is 0 Å². The first-order valence-corrected chi connectivity index (χ1v) is 8.81. The molecule has 0 fully saturated rings. The Bertz CT molecular complexity index is 930. The molecular weight excluding hydrogens is 358 g/mol. The zero-order valence-electron chi connectivity index (χ0n) is 14.3. The molecule has 0 aliphatic rings. The Kier molecular flexibility index (Phi) is 4.87. The third-order valence-corrected chi connectivity index (χ3v) is 6.17. The molecule has 2 aromatic rings. The fraction of sp³-hybridized carbons (Fsp3) is 0.294. The highest BCUT2D eigenvalue weighted by molar-refractivity contribution is 7.92. The average Bonchev–Trinajstić information content (AvgIpc) is 2.53. The van der Waals surface area contributed by atoms with E-state index in [2.05, 4.69) is 0 Å². The molecule has 136 valence electrons. The summed E-state index contributed by atoms with van der Waals surface area (Å²) in [5.74, 6) is -7.00. The van der Waals surface area contributed by atoms with Crippen LogP contribution in [0.2, 0.25) is 0 Å². The van der Waals surface area contributed by atoms with Crippen molar-refractivity contribution in [3.63, 3.8) is 0 Å². The van der Waals surface area contributed by atoms with Crippen molar-refractivity contribution in [2.45, 2.75) is 39.5 Å². The molecule has 0 unspecified atom stereocenters. The molecule has 1 N–H and O–H groups in total. The molecule has 2 aromatic carbocycles. The van der Waals surface area contributed by atoms with Crippen LogP contribution in [0.25, 0.3) is 0 Å². The molecule has 0 aliphatic carbocycles. The fourth-order valence-electron chi connectivity index (χ4n) is 2.72. The minimum Gasteiger partial charge on any atom is -0.274 e. The molecule has 0 atom stereocenters. The summed E-state index contributed by atoms with van der Waals surface area (Å²) in [6.45, 7) is 8.39. The maximum Gasteiger partial charge on any atom is 0.262 e. The van der Waals surface area contributed by atoms with Gasteiger partial charge in [0.1, 0.15) is 5.69 Å². The highest BCUT2D eigenvalue weighted by Gasteiger charge is 2.28. The van der Waals surface area contributed by atoms with Crippen molar-refractivity contribution in [1.82, 2.24) is 0 Å². The number of hydrogen-bond donors (Lipinski definition) is 1. The summed E-state index contributed by atoms with van der Waals surface area (Å²) in [5.41, 5.74) is 1.71. The van der Waals surface area contributed by atoms with Gasteiger partial charge in [0.05, 0.1) is 4.90 Å². The van der Waals surface area contributed by atoms with E-state index in [9.17, 15) is 26.0 Å². The number of benzene rings is 2. The number of rotatable bonds is 3. The summed E-state index contributed by atoms with van der Waals surface area (Å²) in [4.78, 5) is -0.170. The van der Waals surface area contributed by atoms with Crippen LogP contribution in [0.15, 0.2) is 11.0 Å². The summed E-state index contributed by atoms with van der Waals surface area (Å²) >= 11 is 0. The topological polar surface area (TPSA) is 46.2 Å². The molecule has 3 nitrogen and oxygen atoms in total. The van der Waals surface area contributed by atoms with Crippen molar-refractivity contribution >= 4 is 15.7 Å². The van der Waals surface area contributed by atoms with E-state index in [1.165, 1.54) is 0 Å². The van der Waals surface area contributed by atoms with E-state index in [0.717, 1.165) is 5.56 Å². The Morgan fingerprint density at radius 3 is 1.48 bits per heavy atom. The predicted octanol–water partition coefficient (Wildman–Crippen LogP) is 4.59. The van der Waals surface area contributed by atoms with Crippen molar-refractivity contribution in [2.75, 3.05) is 4.72 Å². The molecule has 8 heteroatoms. The Labute approximate surface area is 143 Å². The molecule has 2 rings (SSSR count). The maximum atomic E-state index is 13.8. The largest absolute Gasteiger partial charge is 0.274 e. The quantitative estimate of drug-likeness (QED) is 0.630. The van der Waals surface area contributed by atoms with E-state index >= 15 is 0 Å². The lowest BCUT2D eigenvalue weighted by Crippen LogP contribution is -2.20. The van der Waals surface area contributed by atoms with Crippen molar-refractivity contribution in [3.05, 3.63) is 57.2 Å². The van der Waals surface area contributed by atoms with E-state index in [4.69, 9.17) is 0 Å². The lowest BCUT2D eigenvalue weighted by atomic mass is 9.95. The Hall–Kier alpha value is -2.09. The molecule has 0 saturated carbocycles. The predicted molar refractivity (Wildman–Crippen MR) is 87.2 cm³/mol. The molecule has 0 aromatic heterocycles. The van der Waals surface area contributed by atoms with Gasteiger partial charge in [-0.25, -0.2) is 26.0 Å². The molecule has 0 heterocycles. The van der Waals surface area contributed by atoms with Crippen LogP contribution < -0.4 is 4.72 Å². The van der Waals surface area contributed by atoms with Crippen LogP contribution in [0, 0.1) is 57.9 Å². The molecule has 25 heavy (non-hydrogen) atoms. The number of nitrogens with one attached hydrogen (secondary N) is 1. The maximum absolute atomic E-state index is 13.8. The summed E-state index contributed by atoms with van der Waals surface area (Å²) in [7, 11) is -4.48. The average molecular weight is 375 g/mol. The van der Waals surface area contributed by atoms with Crippen LogP contribution in [0.4, 0.5) is 23.2 Å². The zero-order chi connectivity index (χ0) is 19.3. The van der Waals surface area contributed by atoms with Crippen LogP contribution in [-0.4, -0.2) is 8.42 Å². The first kappa shape index (κ1) is 19.2. The Balaban J connectivity index is 2.72. The normalized spacial score (nSPS) is 11.7. The summed E-state index contributed by atoms with van der Waals surface area (Å²) < 4.78 is 81.3. The summed E-state index contributed by atoms with van der Waals surface area (Å²) in [6, 6.07) is 0.0130. The standard InChI is InChI=1S/C17H17F4NO2S/c1-7-8(2)10(4)17(11(5)9(7)3)25(23,24)22-16-14(20)12(18)6-13(19)15(16)21/h6,22H,1-5H3. The Morgan fingerprint density at radius 1 is 0.720 bits per heavy atom. The lowest BCUT2D eigenvalue weighted by Gasteiger charge is -2.19. The van der Waals surface area contributed by atoms with E-state index in [-0.39, 0.29) is 11.0 Å². The van der Waals surface area contributed by atoms with Crippen LogP contribution in [-0.2, 0) is 10.0 Å². The van der Waals surface area contributed by atoms with Gasteiger partial charge in [-0.1, -0.05) is 0 Å². The summed E-state index contributed by atoms with van der Waals surface area (Å²) in [5, 5.41) is 0. The summed E-state index contributed by atoms with van der Waals surface area (Å²) in [6.07, 6.45) is 0. The van der Waals surface area contributed by atoms with E-state index in [0.29, 0.717) is 22.3 Å². The van der Waals surface area contributed by atoms with Gasteiger partial charge in [0, 0.05) is 6.07 Å². The first-order valence-electron chi connectivity index (χ1n) is 7.32. The SMILES string of the molecule is Cc1c(C)c(C)c(S(=O)(=O)Nc2c(F)c(F)cc(F)c2F)c(C)c1C. The highest BCUT2D eigenvalue weighted by atomic mass is 32.2. The number of hydrogen-bond acceptors (Lipinski definition) is 2. The van der Waals surface area contributed by atoms with Crippen molar-refractivity contribution in [2.24, 2.45) is 0 Å². The molecular formula is C17H17F4NO2S. The van der Waals surface area contributed by atoms with Gasteiger partial charge < -0.3 is 0 Å². The second-order valence-electron chi connectivity index (χ2n) is 5.90. The van der Waals surface area contributed by atoms with Crippen LogP contribution in [0.5, 0.6) is 0 Å². The van der Waals surface area contributed by atoms with Gasteiger partial charge >= 0.3 is 0 Å². The van der Waals surface area contributed by atoms with Crippen LogP contribution in [0.1, 0.15) is 27.8 Å². The first-order chi connectivity index (χ1) is 11.4. The van der Waals surface area contributed by atoms with E-state index < -0.39 is 39.0 Å². The third kappa shape index (κ3) is 3.10. The van der Waals surface area contributed by atoms with Gasteiger partial charge in [0.2, 0.25) is 0 Å². The van der Waals surface area contributed by atoms with Gasteiger partial charge in [-0.3, -0.25) is 4.72 Å². The smallest absolute Gasteiger partial charge is 0.262 e. The minimum atomic E-state index is -4.48. The Morgan fingerprint density at radius 2 is 1.08 bits per heavy atom. The molecule has 0 bridgehead atoms. The zero-order valence-corrected chi connectivity index (χ0v) is 15.1. The number of halogens is 4. The van der Waals surface area contributed by atoms with Gasteiger partial charge in [0.15, 0.2) is 23.3 Å². The van der Waals surface area contributed by atoms with Crippen molar-refractivity contribution in [3.8, 4) is 0 Å². The number of sulfonamides is 1. The van der Waals surface area contributed by atoms with Gasteiger partial charge in [-0.15, -0.1) is 0 Å².